The quantitative estimate of drug-likeness (QED) is 0.883. The molecule has 0 spiro atoms. The lowest BCUT2D eigenvalue weighted by Crippen LogP contribution is -2.41. The van der Waals surface area contributed by atoms with Crippen molar-refractivity contribution in [3.05, 3.63) is 46.5 Å². The van der Waals surface area contributed by atoms with Gasteiger partial charge in [0.05, 0.1) is 18.3 Å². The van der Waals surface area contributed by atoms with Gasteiger partial charge in [-0.1, -0.05) is 6.07 Å². The monoisotopic (exact) mass is 379 g/mol. The minimum Gasteiger partial charge on any atom is -0.457 e. The number of anilines is 1. The first-order valence-corrected chi connectivity index (χ1v) is 8.25. The minimum atomic E-state index is -0.175. The van der Waals surface area contributed by atoms with Gasteiger partial charge in [-0.3, -0.25) is 4.79 Å². The SMILES string of the molecule is CC1CN(c2ccc(CNC(=O)c3coc(Br)c3)cn2)CCO1. The Kier molecular flexibility index (Phi) is 4.97. The fourth-order valence-electron chi connectivity index (χ4n) is 2.45. The third kappa shape index (κ3) is 4.11. The van der Waals surface area contributed by atoms with Crippen molar-refractivity contribution in [2.75, 3.05) is 24.6 Å². The predicted molar refractivity (Wildman–Crippen MR) is 89.4 cm³/mol. The van der Waals surface area contributed by atoms with E-state index in [4.69, 9.17) is 9.15 Å². The zero-order valence-electron chi connectivity index (χ0n) is 12.8. The topological polar surface area (TPSA) is 67.6 Å². The first-order valence-electron chi connectivity index (χ1n) is 7.45. The number of aromatic nitrogens is 1. The van der Waals surface area contributed by atoms with E-state index in [-0.39, 0.29) is 12.0 Å². The normalized spacial score (nSPS) is 18.0. The van der Waals surface area contributed by atoms with Gasteiger partial charge in [-0.05, 0) is 34.5 Å². The second-order valence-electron chi connectivity index (χ2n) is 5.47. The van der Waals surface area contributed by atoms with Gasteiger partial charge in [0.25, 0.3) is 5.91 Å². The van der Waals surface area contributed by atoms with Gasteiger partial charge in [-0.25, -0.2) is 4.98 Å². The number of morpholine rings is 1. The van der Waals surface area contributed by atoms with Crippen molar-refractivity contribution in [1.82, 2.24) is 10.3 Å². The highest BCUT2D eigenvalue weighted by atomic mass is 79.9. The predicted octanol–water partition coefficient (Wildman–Crippen LogP) is 2.59. The maximum Gasteiger partial charge on any atom is 0.254 e. The number of nitrogens with zero attached hydrogens (tertiary/aromatic N) is 2. The van der Waals surface area contributed by atoms with Gasteiger partial charge in [0.15, 0.2) is 4.67 Å². The van der Waals surface area contributed by atoms with Crippen LogP contribution in [-0.4, -0.2) is 36.7 Å². The van der Waals surface area contributed by atoms with Crippen molar-refractivity contribution in [2.45, 2.75) is 19.6 Å². The Morgan fingerprint density at radius 2 is 2.39 bits per heavy atom. The molecular formula is C16H18BrN3O3. The van der Waals surface area contributed by atoms with Crippen molar-refractivity contribution in [1.29, 1.82) is 0 Å². The molecular weight excluding hydrogens is 362 g/mol. The summed E-state index contributed by atoms with van der Waals surface area (Å²) in [5.74, 6) is 0.763. The van der Waals surface area contributed by atoms with E-state index >= 15 is 0 Å². The van der Waals surface area contributed by atoms with Gasteiger partial charge in [0, 0.05) is 31.9 Å². The molecule has 23 heavy (non-hydrogen) atoms. The Hall–Kier alpha value is -1.86. The Morgan fingerprint density at radius 1 is 1.52 bits per heavy atom. The molecule has 2 aromatic rings. The molecule has 0 saturated carbocycles. The fraction of sp³-hybridized carbons (Fsp3) is 0.375. The molecule has 1 fully saturated rings. The molecule has 1 N–H and O–H groups in total. The number of amides is 1. The van der Waals surface area contributed by atoms with Gasteiger partial charge in [-0.15, -0.1) is 0 Å². The van der Waals surface area contributed by atoms with E-state index in [1.165, 1.54) is 6.26 Å². The average Bonchev–Trinajstić information content (AvgIpc) is 3.00. The molecule has 6 nitrogen and oxygen atoms in total. The molecule has 0 aliphatic carbocycles. The number of carbonyl (C=O) groups excluding carboxylic acids is 1. The number of halogens is 1. The summed E-state index contributed by atoms with van der Waals surface area (Å²) in [6, 6.07) is 5.60. The minimum absolute atomic E-state index is 0.175. The Labute approximate surface area is 143 Å². The third-order valence-electron chi connectivity index (χ3n) is 3.66. The lowest BCUT2D eigenvalue weighted by Gasteiger charge is -2.32. The van der Waals surface area contributed by atoms with E-state index in [0.29, 0.717) is 16.8 Å². The highest BCUT2D eigenvalue weighted by molar-refractivity contribution is 9.10. The molecule has 1 amide bonds. The number of hydrogen-bond acceptors (Lipinski definition) is 5. The lowest BCUT2D eigenvalue weighted by atomic mass is 10.2. The second kappa shape index (κ2) is 7.14. The van der Waals surface area contributed by atoms with E-state index in [0.717, 1.165) is 31.1 Å². The molecule has 122 valence electrons. The fourth-order valence-corrected chi connectivity index (χ4v) is 2.79. The third-order valence-corrected chi connectivity index (χ3v) is 4.07. The molecule has 1 atom stereocenters. The van der Waals surface area contributed by atoms with Crippen LogP contribution in [0.15, 0.2) is 39.7 Å². The zero-order chi connectivity index (χ0) is 16.2. The molecule has 0 radical (unpaired) electrons. The molecule has 1 unspecified atom stereocenters. The van der Waals surface area contributed by atoms with Gasteiger partial charge < -0.3 is 19.4 Å². The van der Waals surface area contributed by atoms with Crippen molar-refractivity contribution in [3.63, 3.8) is 0 Å². The van der Waals surface area contributed by atoms with Crippen LogP contribution in [-0.2, 0) is 11.3 Å². The van der Waals surface area contributed by atoms with Crippen LogP contribution in [0.4, 0.5) is 5.82 Å². The number of furan rings is 1. The second-order valence-corrected chi connectivity index (χ2v) is 6.26. The van der Waals surface area contributed by atoms with E-state index in [9.17, 15) is 4.79 Å². The number of rotatable bonds is 4. The van der Waals surface area contributed by atoms with Gasteiger partial charge in [0.1, 0.15) is 12.1 Å². The molecule has 0 bridgehead atoms. The van der Waals surface area contributed by atoms with Crippen LogP contribution in [0.2, 0.25) is 0 Å². The van der Waals surface area contributed by atoms with Crippen LogP contribution in [0, 0.1) is 0 Å². The molecule has 1 saturated heterocycles. The number of ether oxygens (including phenoxy) is 1. The largest absolute Gasteiger partial charge is 0.457 e. The molecule has 0 aromatic carbocycles. The number of hydrogen-bond donors (Lipinski definition) is 1. The molecule has 7 heteroatoms. The molecule has 1 aliphatic rings. The summed E-state index contributed by atoms with van der Waals surface area (Å²) in [4.78, 5) is 18.6. The smallest absolute Gasteiger partial charge is 0.254 e. The maximum atomic E-state index is 11.9. The Balaban J connectivity index is 1.56. The number of pyridine rings is 1. The first-order chi connectivity index (χ1) is 11.1. The van der Waals surface area contributed by atoms with E-state index in [1.807, 2.05) is 12.1 Å². The van der Waals surface area contributed by atoms with Crippen molar-refractivity contribution < 1.29 is 13.9 Å². The Morgan fingerprint density at radius 3 is 3.04 bits per heavy atom. The van der Waals surface area contributed by atoms with Crippen molar-refractivity contribution in [3.8, 4) is 0 Å². The summed E-state index contributed by atoms with van der Waals surface area (Å²) in [7, 11) is 0. The highest BCUT2D eigenvalue weighted by Crippen LogP contribution is 2.16. The highest BCUT2D eigenvalue weighted by Gasteiger charge is 2.17. The van der Waals surface area contributed by atoms with Crippen LogP contribution in [0.3, 0.4) is 0 Å². The lowest BCUT2D eigenvalue weighted by molar-refractivity contribution is 0.0529. The average molecular weight is 380 g/mol. The Bertz CT molecular complexity index is 671. The summed E-state index contributed by atoms with van der Waals surface area (Å²) >= 11 is 3.18. The molecule has 1 aliphatic heterocycles. The van der Waals surface area contributed by atoms with Crippen molar-refractivity contribution in [2.24, 2.45) is 0 Å². The summed E-state index contributed by atoms with van der Waals surface area (Å²) in [5.41, 5.74) is 1.44. The van der Waals surface area contributed by atoms with Crippen LogP contribution in [0.1, 0.15) is 22.8 Å². The maximum absolute atomic E-state index is 11.9. The van der Waals surface area contributed by atoms with E-state index < -0.39 is 0 Å². The number of nitrogens with one attached hydrogen (secondary N) is 1. The molecule has 3 rings (SSSR count). The number of carbonyl (C=O) groups is 1. The molecule has 3 heterocycles. The molecule has 2 aromatic heterocycles. The first kappa shape index (κ1) is 16.0. The van der Waals surface area contributed by atoms with Crippen LogP contribution in [0.5, 0.6) is 0 Å². The van der Waals surface area contributed by atoms with Gasteiger partial charge in [0.2, 0.25) is 0 Å². The van der Waals surface area contributed by atoms with Crippen LogP contribution in [0.25, 0.3) is 0 Å². The zero-order valence-corrected chi connectivity index (χ0v) is 14.4. The van der Waals surface area contributed by atoms with E-state index in [2.05, 4.69) is 38.1 Å². The summed E-state index contributed by atoms with van der Waals surface area (Å²) < 4.78 is 11.1. The van der Waals surface area contributed by atoms with E-state index in [1.54, 1.807) is 12.3 Å². The van der Waals surface area contributed by atoms with Crippen molar-refractivity contribution >= 4 is 27.7 Å². The summed E-state index contributed by atoms with van der Waals surface area (Å²) in [6.45, 7) is 4.90. The van der Waals surface area contributed by atoms with Crippen LogP contribution < -0.4 is 10.2 Å². The van der Waals surface area contributed by atoms with Gasteiger partial charge >= 0.3 is 0 Å². The van der Waals surface area contributed by atoms with Gasteiger partial charge in [-0.2, -0.15) is 0 Å². The van der Waals surface area contributed by atoms with Crippen LogP contribution >= 0.6 is 15.9 Å². The summed E-state index contributed by atoms with van der Waals surface area (Å²) in [6.07, 6.45) is 3.43. The standard InChI is InChI=1S/C16H18BrN3O3/c1-11-9-20(4-5-22-11)15-3-2-12(7-18-15)8-19-16(21)13-6-14(17)23-10-13/h2-3,6-7,10-11H,4-5,8-9H2,1H3,(H,19,21). The summed E-state index contributed by atoms with van der Waals surface area (Å²) in [5, 5.41) is 2.84.